The molecule has 0 radical (unpaired) electrons. The average molecular weight is 409 g/mol. The van der Waals surface area contributed by atoms with Crippen molar-refractivity contribution in [1.29, 1.82) is 0 Å². The number of carbonyl (C=O) groups excluding carboxylic acids is 1. The molecular weight excluding hydrogens is 394 g/mol. The highest BCUT2D eigenvalue weighted by molar-refractivity contribution is 7.91. The highest BCUT2D eigenvalue weighted by atomic mass is 32.2. The molecule has 0 saturated carbocycles. The summed E-state index contributed by atoms with van der Waals surface area (Å²) in [5, 5.41) is 15.3. The van der Waals surface area contributed by atoms with Gasteiger partial charge in [0, 0.05) is 19.2 Å². The van der Waals surface area contributed by atoms with Gasteiger partial charge in [0.05, 0.1) is 12.1 Å². The van der Waals surface area contributed by atoms with Crippen LogP contribution in [0.4, 0.5) is 6.01 Å². The Balaban J connectivity index is 1.43. The second-order valence-electron chi connectivity index (χ2n) is 5.91. The van der Waals surface area contributed by atoms with Crippen LogP contribution in [0.5, 0.6) is 0 Å². The number of hydrogen-bond donors (Lipinski definition) is 1. The Kier molecular flexibility index (Phi) is 4.76. The molecule has 0 unspecified atom stereocenters. The summed E-state index contributed by atoms with van der Waals surface area (Å²) in [6.07, 6.45) is 2.60. The number of aromatic nitrogens is 3. The van der Waals surface area contributed by atoms with Crippen molar-refractivity contribution >= 4 is 33.3 Å². The molecule has 4 heterocycles. The molecule has 0 bridgehead atoms. The third-order valence-corrected chi connectivity index (χ3v) is 7.39. The Morgan fingerprint density at radius 1 is 1.33 bits per heavy atom. The van der Waals surface area contributed by atoms with Gasteiger partial charge in [-0.15, -0.1) is 16.4 Å². The fourth-order valence-electron chi connectivity index (χ4n) is 2.82. The number of nitrogens with zero attached hydrogens (tertiary/aromatic N) is 4. The number of thiophene rings is 1. The molecule has 4 rings (SSSR count). The number of sulfonamides is 1. The molecule has 1 fully saturated rings. The molecule has 3 aromatic rings. The van der Waals surface area contributed by atoms with Gasteiger partial charge in [-0.1, -0.05) is 16.3 Å². The van der Waals surface area contributed by atoms with E-state index in [2.05, 4.69) is 20.7 Å². The molecule has 1 aliphatic rings. The lowest BCUT2D eigenvalue weighted by Gasteiger charge is -2.30. The average Bonchev–Trinajstić information content (AvgIpc) is 3.42. The highest BCUT2D eigenvalue weighted by Gasteiger charge is 2.34. The zero-order chi connectivity index (χ0) is 18.9. The molecule has 10 nitrogen and oxygen atoms in total. The lowest BCUT2D eigenvalue weighted by atomic mass is 9.99. The summed E-state index contributed by atoms with van der Waals surface area (Å²) >= 11 is 1.16. The zero-order valence-electron chi connectivity index (χ0n) is 13.9. The first kappa shape index (κ1) is 17.8. The van der Waals surface area contributed by atoms with E-state index in [0.29, 0.717) is 19.4 Å². The first-order valence-corrected chi connectivity index (χ1v) is 10.4. The van der Waals surface area contributed by atoms with E-state index in [1.807, 2.05) is 0 Å². The van der Waals surface area contributed by atoms with E-state index in [1.165, 1.54) is 10.5 Å². The van der Waals surface area contributed by atoms with Crippen LogP contribution in [-0.2, 0) is 14.8 Å². The van der Waals surface area contributed by atoms with Crippen molar-refractivity contribution in [2.75, 3.05) is 18.4 Å². The molecule has 1 amide bonds. The molecule has 1 N–H and O–H groups in total. The molecule has 27 heavy (non-hydrogen) atoms. The maximum Gasteiger partial charge on any atom is 0.322 e. The fourth-order valence-corrected chi connectivity index (χ4v) is 5.49. The van der Waals surface area contributed by atoms with Gasteiger partial charge in [-0.05, 0) is 24.3 Å². The number of rotatable bonds is 5. The van der Waals surface area contributed by atoms with Gasteiger partial charge >= 0.3 is 6.01 Å². The van der Waals surface area contributed by atoms with Crippen molar-refractivity contribution in [3.8, 4) is 11.7 Å². The molecule has 0 aromatic carbocycles. The van der Waals surface area contributed by atoms with Gasteiger partial charge in [-0.3, -0.25) is 10.1 Å². The minimum Gasteiger partial charge on any atom is -0.400 e. The van der Waals surface area contributed by atoms with Crippen LogP contribution >= 0.6 is 11.3 Å². The molecule has 1 saturated heterocycles. The smallest absolute Gasteiger partial charge is 0.322 e. The maximum atomic E-state index is 12.7. The summed E-state index contributed by atoms with van der Waals surface area (Å²) in [5.41, 5.74) is 0. The third kappa shape index (κ3) is 3.63. The third-order valence-electron chi connectivity index (χ3n) is 4.15. The largest absolute Gasteiger partial charge is 0.400 e. The van der Waals surface area contributed by atoms with Crippen LogP contribution < -0.4 is 5.32 Å². The van der Waals surface area contributed by atoms with Crippen molar-refractivity contribution in [3.05, 3.63) is 29.8 Å². The Bertz CT molecular complexity index is 1010. The fraction of sp³-hybridized carbons (Fsp3) is 0.333. The first-order chi connectivity index (χ1) is 13.0. The molecule has 1 atom stereocenters. The lowest BCUT2D eigenvalue weighted by molar-refractivity contribution is -0.121. The highest BCUT2D eigenvalue weighted by Crippen LogP contribution is 2.27. The Morgan fingerprint density at radius 3 is 2.96 bits per heavy atom. The van der Waals surface area contributed by atoms with E-state index in [-0.39, 0.29) is 34.3 Å². The van der Waals surface area contributed by atoms with Gasteiger partial charge in [0.15, 0.2) is 0 Å². The van der Waals surface area contributed by atoms with E-state index < -0.39 is 15.9 Å². The van der Waals surface area contributed by atoms with Crippen LogP contribution in [0.3, 0.4) is 0 Å². The van der Waals surface area contributed by atoms with Gasteiger partial charge < -0.3 is 8.94 Å². The zero-order valence-corrected chi connectivity index (χ0v) is 15.6. The number of nitrogens with one attached hydrogen (secondary N) is 1. The Morgan fingerprint density at radius 2 is 2.22 bits per heavy atom. The van der Waals surface area contributed by atoms with Crippen molar-refractivity contribution in [2.24, 2.45) is 5.92 Å². The number of anilines is 1. The van der Waals surface area contributed by atoms with Crippen LogP contribution in [-0.4, -0.2) is 47.1 Å². The quantitative estimate of drug-likeness (QED) is 0.675. The SMILES string of the molecule is O=C(Nc1nnc(-c2ccno2)o1)[C@H]1CCCN(S(=O)(=O)c2cccs2)C1. The van der Waals surface area contributed by atoms with Crippen LogP contribution in [0.2, 0.25) is 0 Å². The second kappa shape index (κ2) is 7.21. The Labute approximate surface area is 158 Å². The molecule has 12 heteroatoms. The van der Waals surface area contributed by atoms with Crippen LogP contribution in [0.1, 0.15) is 12.8 Å². The molecular formula is C15H15N5O5S2. The minimum absolute atomic E-state index is 0.0790. The van der Waals surface area contributed by atoms with E-state index >= 15 is 0 Å². The number of piperidine rings is 1. The topological polar surface area (TPSA) is 131 Å². The monoisotopic (exact) mass is 409 g/mol. The summed E-state index contributed by atoms with van der Waals surface area (Å²) in [6, 6.07) is 4.72. The molecule has 0 aliphatic carbocycles. The Hall–Kier alpha value is -2.57. The van der Waals surface area contributed by atoms with E-state index in [4.69, 9.17) is 8.94 Å². The number of carbonyl (C=O) groups is 1. The lowest BCUT2D eigenvalue weighted by Crippen LogP contribution is -2.43. The summed E-state index contributed by atoms with van der Waals surface area (Å²) < 4.78 is 37.2. The maximum absolute atomic E-state index is 12.7. The second-order valence-corrected chi connectivity index (χ2v) is 9.03. The summed E-state index contributed by atoms with van der Waals surface area (Å²) in [4.78, 5) is 12.5. The molecule has 142 valence electrons. The molecule has 3 aromatic heterocycles. The van der Waals surface area contributed by atoms with Crippen molar-refractivity contribution in [1.82, 2.24) is 19.7 Å². The van der Waals surface area contributed by atoms with Crippen LogP contribution in [0, 0.1) is 5.92 Å². The number of hydrogen-bond acceptors (Lipinski definition) is 9. The minimum atomic E-state index is -3.58. The van der Waals surface area contributed by atoms with E-state index in [0.717, 1.165) is 11.3 Å². The van der Waals surface area contributed by atoms with Crippen molar-refractivity contribution < 1.29 is 22.2 Å². The van der Waals surface area contributed by atoms with Gasteiger partial charge in [0.25, 0.3) is 15.9 Å². The van der Waals surface area contributed by atoms with Gasteiger partial charge in [-0.25, -0.2) is 8.42 Å². The van der Waals surface area contributed by atoms with Crippen LogP contribution in [0.15, 0.2) is 42.9 Å². The van der Waals surface area contributed by atoms with E-state index in [9.17, 15) is 13.2 Å². The molecule has 1 aliphatic heterocycles. The summed E-state index contributed by atoms with van der Waals surface area (Å²) in [6.45, 7) is 0.495. The normalized spacial score (nSPS) is 18.4. The van der Waals surface area contributed by atoms with Gasteiger partial charge in [0.1, 0.15) is 4.21 Å². The van der Waals surface area contributed by atoms with E-state index in [1.54, 1.807) is 23.6 Å². The predicted octanol–water partition coefficient (Wildman–Crippen LogP) is 1.83. The predicted molar refractivity (Wildman–Crippen MR) is 94.2 cm³/mol. The summed E-state index contributed by atoms with van der Waals surface area (Å²) in [5.74, 6) is -0.495. The van der Waals surface area contributed by atoms with Crippen molar-refractivity contribution in [2.45, 2.75) is 17.1 Å². The van der Waals surface area contributed by atoms with Crippen LogP contribution in [0.25, 0.3) is 11.7 Å². The standard InChI is InChI=1S/C15H15N5O5S2/c21-13(17-15-19-18-14(24-15)11-5-6-16-25-11)10-3-1-7-20(9-10)27(22,23)12-4-2-8-26-12/h2,4-6,8,10H,1,3,7,9H2,(H,17,19,21)/t10-/m0/s1. The van der Waals surface area contributed by atoms with Gasteiger partial charge in [-0.2, -0.15) is 4.31 Å². The van der Waals surface area contributed by atoms with Crippen molar-refractivity contribution in [3.63, 3.8) is 0 Å². The summed E-state index contributed by atoms with van der Waals surface area (Å²) in [7, 11) is -3.58. The van der Waals surface area contributed by atoms with Gasteiger partial charge in [0.2, 0.25) is 11.7 Å². The number of amides is 1. The molecule has 0 spiro atoms. The first-order valence-electron chi connectivity index (χ1n) is 8.13.